The molecule has 0 bridgehead atoms. The molecule has 1 N–H and O–H groups in total. The Labute approximate surface area is 93.5 Å². The summed E-state index contributed by atoms with van der Waals surface area (Å²) in [6, 6.07) is 0.535. The van der Waals surface area contributed by atoms with E-state index in [1.54, 1.807) is 0 Å². The molecule has 0 aromatic heterocycles. The van der Waals surface area contributed by atoms with Crippen molar-refractivity contribution in [2.24, 2.45) is 5.92 Å². The topological polar surface area (TPSA) is 30.5 Å². The van der Waals surface area contributed by atoms with E-state index in [0.717, 1.165) is 32.1 Å². The summed E-state index contributed by atoms with van der Waals surface area (Å²) in [5, 5.41) is 3.55. The Morgan fingerprint density at radius 1 is 1.13 bits per heavy atom. The van der Waals surface area contributed by atoms with Crippen molar-refractivity contribution in [2.45, 2.75) is 52.4 Å². The van der Waals surface area contributed by atoms with Crippen molar-refractivity contribution >= 4 is 0 Å². The SMILES string of the molecule is CCNC(CC1OCCO1)C(CC)CC. The van der Waals surface area contributed by atoms with Gasteiger partial charge in [-0.05, 0) is 12.5 Å². The predicted octanol–water partition coefficient (Wildman–Crippen LogP) is 2.16. The summed E-state index contributed by atoms with van der Waals surface area (Å²) < 4.78 is 11.0. The molecule has 0 aliphatic carbocycles. The van der Waals surface area contributed by atoms with E-state index in [9.17, 15) is 0 Å². The Balaban J connectivity index is 2.40. The zero-order valence-electron chi connectivity index (χ0n) is 10.3. The van der Waals surface area contributed by atoms with E-state index in [4.69, 9.17) is 9.47 Å². The molecule has 1 rings (SSSR count). The molecule has 1 fully saturated rings. The molecule has 1 atom stereocenters. The molecule has 0 saturated carbocycles. The third-order valence-electron chi connectivity index (χ3n) is 3.22. The highest BCUT2D eigenvalue weighted by molar-refractivity contribution is 4.76. The first-order chi connectivity index (χ1) is 7.31. The monoisotopic (exact) mass is 215 g/mol. The number of hydrogen-bond acceptors (Lipinski definition) is 3. The molecule has 15 heavy (non-hydrogen) atoms. The smallest absolute Gasteiger partial charge is 0.159 e. The van der Waals surface area contributed by atoms with Gasteiger partial charge in [0.25, 0.3) is 0 Å². The van der Waals surface area contributed by atoms with Gasteiger partial charge < -0.3 is 14.8 Å². The molecular formula is C12H25NO2. The van der Waals surface area contributed by atoms with E-state index in [0.29, 0.717) is 6.04 Å². The molecule has 0 aromatic rings. The van der Waals surface area contributed by atoms with Gasteiger partial charge in [-0.3, -0.25) is 0 Å². The second kappa shape index (κ2) is 7.20. The second-order valence-electron chi connectivity index (χ2n) is 4.15. The fraction of sp³-hybridized carbons (Fsp3) is 1.00. The van der Waals surface area contributed by atoms with Crippen molar-refractivity contribution < 1.29 is 9.47 Å². The molecule has 0 amide bonds. The van der Waals surface area contributed by atoms with E-state index in [2.05, 4.69) is 26.1 Å². The molecular weight excluding hydrogens is 190 g/mol. The summed E-state index contributed by atoms with van der Waals surface area (Å²) in [6.45, 7) is 9.21. The highest BCUT2D eigenvalue weighted by Crippen LogP contribution is 2.20. The van der Waals surface area contributed by atoms with Crippen LogP contribution in [0, 0.1) is 5.92 Å². The summed E-state index contributed by atoms with van der Waals surface area (Å²) >= 11 is 0. The van der Waals surface area contributed by atoms with Gasteiger partial charge in [-0.1, -0.05) is 33.6 Å². The van der Waals surface area contributed by atoms with Gasteiger partial charge in [0.2, 0.25) is 0 Å². The quantitative estimate of drug-likeness (QED) is 0.706. The van der Waals surface area contributed by atoms with Gasteiger partial charge >= 0.3 is 0 Å². The van der Waals surface area contributed by atoms with Crippen molar-refractivity contribution in [2.75, 3.05) is 19.8 Å². The summed E-state index contributed by atoms with van der Waals surface area (Å²) in [4.78, 5) is 0. The van der Waals surface area contributed by atoms with Gasteiger partial charge in [0.05, 0.1) is 13.2 Å². The maximum Gasteiger partial charge on any atom is 0.159 e. The summed E-state index contributed by atoms with van der Waals surface area (Å²) in [6.07, 6.45) is 3.46. The van der Waals surface area contributed by atoms with Crippen molar-refractivity contribution in [3.63, 3.8) is 0 Å². The van der Waals surface area contributed by atoms with Crippen LogP contribution < -0.4 is 5.32 Å². The number of nitrogens with one attached hydrogen (secondary N) is 1. The molecule has 0 radical (unpaired) electrons. The lowest BCUT2D eigenvalue weighted by Gasteiger charge is -2.27. The maximum absolute atomic E-state index is 5.51. The fourth-order valence-corrected chi connectivity index (χ4v) is 2.31. The van der Waals surface area contributed by atoms with Crippen LogP contribution in [-0.4, -0.2) is 32.1 Å². The normalized spacial score (nSPS) is 20.0. The van der Waals surface area contributed by atoms with E-state index in [1.165, 1.54) is 12.8 Å². The third-order valence-corrected chi connectivity index (χ3v) is 3.22. The zero-order chi connectivity index (χ0) is 11.1. The van der Waals surface area contributed by atoms with Crippen molar-refractivity contribution in [1.82, 2.24) is 5.32 Å². The first-order valence-electron chi connectivity index (χ1n) is 6.28. The lowest BCUT2D eigenvalue weighted by Crippen LogP contribution is -2.38. The minimum absolute atomic E-state index is 0.0228. The predicted molar refractivity (Wildman–Crippen MR) is 61.8 cm³/mol. The molecule has 3 nitrogen and oxygen atoms in total. The van der Waals surface area contributed by atoms with E-state index in [-0.39, 0.29) is 6.29 Å². The first kappa shape index (κ1) is 12.9. The Bertz CT molecular complexity index is 154. The van der Waals surface area contributed by atoms with Crippen LogP contribution >= 0.6 is 0 Å². The van der Waals surface area contributed by atoms with Crippen molar-refractivity contribution in [3.05, 3.63) is 0 Å². The van der Waals surface area contributed by atoms with E-state index < -0.39 is 0 Å². The summed E-state index contributed by atoms with van der Waals surface area (Å²) in [5.41, 5.74) is 0. The molecule has 90 valence electrons. The van der Waals surface area contributed by atoms with E-state index in [1.807, 2.05) is 0 Å². The maximum atomic E-state index is 5.51. The van der Waals surface area contributed by atoms with Gasteiger partial charge in [-0.2, -0.15) is 0 Å². The highest BCUT2D eigenvalue weighted by atomic mass is 16.7. The Morgan fingerprint density at radius 2 is 1.73 bits per heavy atom. The highest BCUT2D eigenvalue weighted by Gasteiger charge is 2.25. The molecule has 1 saturated heterocycles. The summed E-state index contributed by atoms with van der Waals surface area (Å²) in [5.74, 6) is 0.734. The number of rotatable bonds is 7. The van der Waals surface area contributed by atoms with Gasteiger partial charge in [0.1, 0.15) is 0 Å². The molecule has 1 unspecified atom stereocenters. The average Bonchev–Trinajstić information content (AvgIpc) is 2.72. The van der Waals surface area contributed by atoms with Crippen LogP contribution in [0.3, 0.4) is 0 Å². The first-order valence-corrected chi connectivity index (χ1v) is 6.28. The van der Waals surface area contributed by atoms with Crippen LogP contribution in [0.25, 0.3) is 0 Å². The van der Waals surface area contributed by atoms with Crippen LogP contribution in [0.4, 0.5) is 0 Å². The Kier molecular flexibility index (Phi) is 6.22. The van der Waals surface area contributed by atoms with Crippen LogP contribution in [0.15, 0.2) is 0 Å². The minimum Gasteiger partial charge on any atom is -0.350 e. The van der Waals surface area contributed by atoms with Gasteiger partial charge in [-0.15, -0.1) is 0 Å². The third kappa shape index (κ3) is 4.09. The van der Waals surface area contributed by atoms with Crippen LogP contribution in [0.1, 0.15) is 40.0 Å². The Morgan fingerprint density at radius 3 is 2.20 bits per heavy atom. The van der Waals surface area contributed by atoms with Gasteiger partial charge in [0.15, 0.2) is 6.29 Å². The van der Waals surface area contributed by atoms with Crippen molar-refractivity contribution in [1.29, 1.82) is 0 Å². The molecule has 1 aliphatic rings. The second-order valence-corrected chi connectivity index (χ2v) is 4.15. The summed E-state index contributed by atoms with van der Waals surface area (Å²) in [7, 11) is 0. The largest absolute Gasteiger partial charge is 0.350 e. The lowest BCUT2D eigenvalue weighted by molar-refractivity contribution is -0.0566. The van der Waals surface area contributed by atoms with Crippen LogP contribution in [0.2, 0.25) is 0 Å². The minimum atomic E-state index is 0.0228. The molecule has 1 heterocycles. The average molecular weight is 215 g/mol. The van der Waals surface area contributed by atoms with E-state index >= 15 is 0 Å². The number of ether oxygens (including phenoxy) is 2. The molecule has 0 aromatic carbocycles. The molecule has 3 heteroatoms. The zero-order valence-corrected chi connectivity index (χ0v) is 10.3. The van der Waals surface area contributed by atoms with Gasteiger partial charge in [0, 0.05) is 12.5 Å². The van der Waals surface area contributed by atoms with Crippen LogP contribution in [-0.2, 0) is 9.47 Å². The van der Waals surface area contributed by atoms with Crippen LogP contribution in [0.5, 0.6) is 0 Å². The standard InChI is InChI=1S/C12H25NO2/c1-4-10(5-2)11(13-6-3)9-12-14-7-8-15-12/h10-13H,4-9H2,1-3H3. The lowest BCUT2D eigenvalue weighted by atomic mass is 9.91. The van der Waals surface area contributed by atoms with Crippen molar-refractivity contribution in [3.8, 4) is 0 Å². The van der Waals surface area contributed by atoms with Gasteiger partial charge in [-0.25, -0.2) is 0 Å². The molecule has 1 aliphatic heterocycles. The fourth-order valence-electron chi connectivity index (χ4n) is 2.31. The molecule has 0 spiro atoms. The Hall–Kier alpha value is -0.120. The number of hydrogen-bond donors (Lipinski definition) is 1.